The molecule has 156 valence electrons. The lowest BCUT2D eigenvalue weighted by molar-refractivity contribution is -0.120. The molecule has 1 aromatic heterocycles. The summed E-state index contributed by atoms with van der Waals surface area (Å²) in [7, 11) is 0. The van der Waals surface area contributed by atoms with Crippen LogP contribution >= 0.6 is 23.4 Å². The number of benzene rings is 2. The minimum Gasteiger partial charge on any atom is -0.351 e. The molecular weight excluding hydrogens is 429 g/mol. The maximum absolute atomic E-state index is 14.7. The lowest BCUT2D eigenvalue weighted by atomic mass is 10.1. The van der Waals surface area contributed by atoms with E-state index in [-0.39, 0.29) is 16.8 Å². The first kappa shape index (κ1) is 21.8. The quantitative estimate of drug-likeness (QED) is 0.555. The summed E-state index contributed by atoms with van der Waals surface area (Å²) in [6, 6.07) is 12.2. The van der Waals surface area contributed by atoms with Gasteiger partial charge in [-0.15, -0.1) is 10.2 Å². The van der Waals surface area contributed by atoms with Gasteiger partial charge in [0.2, 0.25) is 5.91 Å². The van der Waals surface area contributed by atoms with Crippen molar-refractivity contribution in [3.63, 3.8) is 0 Å². The molecule has 3 amide bonds. The molecule has 0 fully saturated rings. The van der Waals surface area contributed by atoms with Gasteiger partial charge in [-0.05, 0) is 30.2 Å². The molecule has 0 bridgehead atoms. The number of rotatable bonds is 6. The van der Waals surface area contributed by atoms with Gasteiger partial charge in [0.1, 0.15) is 5.82 Å². The molecule has 0 saturated carbocycles. The van der Waals surface area contributed by atoms with Gasteiger partial charge >= 0.3 is 6.03 Å². The molecule has 7 nitrogen and oxygen atoms in total. The molecule has 1 atom stereocenters. The number of hydrogen-bond donors (Lipinski definition) is 2. The molecular formula is C20H19ClFN5O2S. The lowest BCUT2D eigenvalue weighted by Gasteiger charge is -2.19. The standard InChI is InChI=1S/C20H19ClFN5O2S/c1-11(2)16(18(28)24-19(23)29)30-20-26-25-17(12-7-3-4-8-13(12)21)27(20)15-10-6-5-9-14(15)22/h3-11,16H,1-2H3,(H3,23,24,28,29). The number of halogens is 2. The van der Waals surface area contributed by atoms with Crippen molar-refractivity contribution in [2.24, 2.45) is 11.7 Å². The van der Waals surface area contributed by atoms with Crippen LogP contribution in [0.15, 0.2) is 53.7 Å². The molecule has 0 aliphatic heterocycles. The predicted octanol–water partition coefficient (Wildman–Crippen LogP) is 4.04. The van der Waals surface area contributed by atoms with E-state index in [1.807, 2.05) is 13.8 Å². The average molecular weight is 448 g/mol. The van der Waals surface area contributed by atoms with E-state index in [0.29, 0.717) is 16.4 Å². The number of nitrogens with one attached hydrogen (secondary N) is 1. The van der Waals surface area contributed by atoms with E-state index < -0.39 is 23.0 Å². The second-order valence-corrected chi connectivity index (χ2v) is 8.22. The Morgan fingerprint density at radius 3 is 2.43 bits per heavy atom. The number of primary amides is 1. The van der Waals surface area contributed by atoms with Gasteiger partial charge in [-0.3, -0.25) is 14.7 Å². The largest absolute Gasteiger partial charge is 0.351 e. The van der Waals surface area contributed by atoms with Gasteiger partial charge in [0.25, 0.3) is 0 Å². The van der Waals surface area contributed by atoms with Gasteiger partial charge in [-0.2, -0.15) is 0 Å². The van der Waals surface area contributed by atoms with Crippen molar-refractivity contribution in [3.8, 4) is 17.1 Å². The van der Waals surface area contributed by atoms with Gasteiger partial charge in [-0.1, -0.05) is 61.5 Å². The number of hydrogen-bond acceptors (Lipinski definition) is 5. The molecule has 3 N–H and O–H groups in total. The number of nitrogens with two attached hydrogens (primary N) is 1. The van der Waals surface area contributed by atoms with E-state index in [1.54, 1.807) is 42.5 Å². The van der Waals surface area contributed by atoms with Crippen molar-refractivity contribution < 1.29 is 14.0 Å². The number of carbonyl (C=O) groups excluding carboxylic acids is 2. The van der Waals surface area contributed by atoms with Crippen LogP contribution in [0.5, 0.6) is 0 Å². The predicted molar refractivity (Wildman–Crippen MR) is 114 cm³/mol. The fourth-order valence-electron chi connectivity index (χ4n) is 2.81. The molecule has 1 unspecified atom stereocenters. The highest BCUT2D eigenvalue weighted by molar-refractivity contribution is 8.00. The van der Waals surface area contributed by atoms with E-state index in [9.17, 15) is 14.0 Å². The van der Waals surface area contributed by atoms with Crippen molar-refractivity contribution in [2.45, 2.75) is 24.3 Å². The third kappa shape index (κ3) is 4.63. The van der Waals surface area contributed by atoms with Crippen molar-refractivity contribution in [3.05, 3.63) is 59.4 Å². The average Bonchev–Trinajstić information content (AvgIpc) is 3.09. The van der Waals surface area contributed by atoms with Crippen LogP contribution in [0.1, 0.15) is 13.8 Å². The van der Waals surface area contributed by atoms with E-state index in [0.717, 1.165) is 11.8 Å². The first-order valence-corrected chi connectivity index (χ1v) is 10.3. The van der Waals surface area contributed by atoms with Gasteiger partial charge in [-0.25, -0.2) is 9.18 Å². The molecule has 0 saturated heterocycles. The number of urea groups is 1. The van der Waals surface area contributed by atoms with Crippen molar-refractivity contribution in [1.29, 1.82) is 0 Å². The van der Waals surface area contributed by atoms with Crippen LogP contribution in [0.3, 0.4) is 0 Å². The zero-order chi connectivity index (χ0) is 21.8. The lowest BCUT2D eigenvalue weighted by Crippen LogP contribution is -2.42. The summed E-state index contributed by atoms with van der Waals surface area (Å²) < 4.78 is 16.2. The van der Waals surface area contributed by atoms with Gasteiger partial charge in [0.05, 0.1) is 16.0 Å². The number of amides is 3. The van der Waals surface area contributed by atoms with Crippen LogP contribution in [0.2, 0.25) is 5.02 Å². The van der Waals surface area contributed by atoms with E-state index >= 15 is 0 Å². The highest BCUT2D eigenvalue weighted by Crippen LogP contribution is 2.35. The first-order chi connectivity index (χ1) is 14.3. The second kappa shape index (κ2) is 9.27. The second-order valence-electron chi connectivity index (χ2n) is 6.71. The summed E-state index contributed by atoms with van der Waals surface area (Å²) in [5.74, 6) is -0.907. The van der Waals surface area contributed by atoms with Crippen LogP contribution in [0, 0.1) is 11.7 Å². The topological polar surface area (TPSA) is 103 Å². The fraction of sp³-hybridized carbons (Fsp3) is 0.200. The first-order valence-electron chi connectivity index (χ1n) is 9.01. The van der Waals surface area contributed by atoms with Crippen LogP contribution in [-0.4, -0.2) is 32.0 Å². The van der Waals surface area contributed by atoms with Gasteiger partial charge in [0.15, 0.2) is 11.0 Å². The molecule has 0 radical (unpaired) electrons. The molecule has 30 heavy (non-hydrogen) atoms. The maximum Gasteiger partial charge on any atom is 0.318 e. The zero-order valence-electron chi connectivity index (χ0n) is 16.2. The van der Waals surface area contributed by atoms with Gasteiger partial charge < -0.3 is 5.73 Å². The normalized spacial score (nSPS) is 12.0. The Morgan fingerprint density at radius 2 is 1.80 bits per heavy atom. The number of aromatic nitrogens is 3. The summed E-state index contributed by atoms with van der Waals surface area (Å²) in [4.78, 5) is 23.6. The summed E-state index contributed by atoms with van der Waals surface area (Å²) >= 11 is 7.39. The Morgan fingerprint density at radius 1 is 1.13 bits per heavy atom. The minimum absolute atomic E-state index is 0.177. The van der Waals surface area contributed by atoms with Crippen LogP contribution < -0.4 is 11.1 Å². The van der Waals surface area contributed by atoms with Crippen molar-refractivity contribution in [1.82, 2.24) is 20.1 Å². The Bertz CT molecular complexity index is 1090. The summed E-state index contributed by atoms with van der Waals surface area (Å²) in [5.41, 5.74) is 5.85. The van der Waals surface area contributed by atoms with Crippen LogP contribution in [0.4, 0.5) is 9.18 Å². The van der Waals surface area contributed by atoms with Gasteiger partial charge in [0, 0.05) is 5.56 Å². The molecule has 3 aromatic rings. The number of carbonyl (C=O) groups is 2. The van der Waals surface area contributed by atoms with Crippen LogP contribution in [-0.2, 0) is 4.79 Å². The van der Waals surface area contributed by atoms with E-state index in [2.05, 4.69) is 15.5 Å². The van der Waals surface area contributed by atoms with Crippen molar-refractivity contribution in [2.75, 3.05) is 0 Å². The minimum atomic E-state index is -0.946. The fourth-order valence-corrected chi connectivity index (χ4v) is 4.08. The Hall–Kier alpha value is -2.91. The Labute approximate surface area is 181 Å². The molecule has 0 aliphatic rings. The smallest absolute Gasteiger partial charge is 0.318 e. The van der Waals surface area contributed by atoms with E-state index in [4.69, 9.17) is 17.3 Å². The Balaban J connectivity index is 2.14. The van der Waals surface area contributed by atoms with E-state index in [1.165, 1.54) is 10.6 Å². The monoisotopic (exact) mass is 447 g/mol. The van der Waals surface area contributed by atoms with Crippen LogP contribution in [0.25, 0.3) is 17.1 Å². The number of para-hydroxylation sites is 1. The number of imide groups is 1. The summed E-state index contributed by atoms with van der Waals surface area (Å²) in [5, 5.41) is 10.5. The molecule has 0 spiro atoms. The zero-order valence-corrected chi connectivity index (χ0v) is 17.7. The number of thioether (sulfide) groups is 1. The third-order valence-corrected chi connectivity index (χ3v) is 6.00. The van der Waals surface area contributed by atoms with Crippen molar-refractivity contribution >= 4 is 35.3 Å². The molecule has 10 heteroatoms. The summed E-state index contributed by atoms with van der Waals surface area (Å²) in [6.07, 6.45) is 0. The number of nitrogens with zero attached hydrogens (tertiary/aromatic N) is 3. The molecule has 1 heterocycles. The highest BCUT2D eigenvalue weighted by Gasteiger charge is 2.29. The molecule has 2 aromatic carbocycles. The SMILES string of the molecule is CC(C)C(Sc1nnc(-c2ccccc2Cl)n1-c1ccccc1F)C(=O)NC(N)=O. The maximum atomic E-state index is 14.7. The third-order valence-electron chi connectivity index (χ3n) is 4.18. The molecule has 3 rings (SSSR count). The highest BCUT2D eigenvalue weighted by atomic mass is 35.5. The summed E-state index contributed by atoms with van der Waals surface area (Å²) in [6.45, 7) is 3.63. The molecule has 0 aliphatic carbocycles. The Kier molecular flexibility index (Phi) is 6.73.